The Bertz CT molecular complexity index is 899. The van der Waals surface area contributed by atoms with Crippen molar-refractivity contribution in [1.29, 1.82) is 0 Å². The minimum absolute atomic E-state index is 0.0250. The molecule has 7 nitrogen and oxygen atoms in total. The summed E-state index contributed by atoms with van der Waals surface area (Å²) in [5.41, 5.74) is 0.833. The highest BCUT2D eigenvalue weighted by molar-refractivity contribution is 6.30. The molecule has 3 heterocycles. The van der Waals surface area contributed by atoms with E-state index >= 15 is 0 Å². The second-order valence-electron chi connectivity index (χ2n) is 10.5. The number of likely N-dealkylation sites (tertiary alicyclic amines) is 2. The summed E-state index contributed by atoms with van der Waals surface area (Å²) in [6.07, 6.45) is 1.69. The maximum atomic E-state index is 13.1. The van der Waals surface area contributed by atoms with Gasteiger partial charge in [0.1, 0.15) is 0 Å². The Labute approximate surface area is 201 Å². The molecule has 4 rings (SSSR count). The molecule has 0 saturated carbocycles. The van der Waals surface area contributed by atoms with E-state index in [0.717, 1.165) is 23.8 Å². The van der Waals surface area contributed by atoms with Gasteiger partial charge in [-0.05, 0) is 51.8 Å². The van der Waals surface area contributed by atoms with Crippen LogP contribution in [0.3, 0.4) is 0 Å². The third-order valence-electron chi connectivity index (χ3n) is 7.20. The number of hydrogen-bond donors (Lipinski definition) is 0. The molecule has 1 aromatic carbocycles. The minimum atomic E-state index is -0.262. The van der Waals surface area contributed by atoms with Crippen molar-refractivity contribution < 1.29 is 14.4 Å². The van der Waals surface area contributed by atoms with Crippen molar-refractivity contribution in [3.63, 3.8) is 0 Å². The van der Waals surface area contributed by atoms with Crippen LogP contribution in [0.4, 0.5) is 5.69 Å². The number of anilines is 1. The second-order valence-corrected chi connectivity index (χ2v) is 10.9. The van der Waals surface area contributed by atoms with Gasteiger partial charge in [0, 0.05) is 74.4 Å². The average Bonchev–Trinajstić information content (AvgIpc) is 3.20. The lowest BCUT2D eigenvalue weighted by molar-refractivity contribution is -0.142. The van der Waals surface area contributed by atoms with Crippen molar-refractivity contribution in [2.45, 2.75) is 45.6 Å². The van der Waals surface area contributed by atoms with Crippen LogP contribution < -0.4 is 4.90 Å². The van der Waals surface area contributed by atoms with E-state index in [4.69, 9.17) is 11.6 Å². The molecule has 180 valence electrons. The average molecular weight is 475 g/mol. The van der Waals surface area contributed by atoms with E-state index in [0.29, 0.717) is 52.0 Å². The lowest BCUT2D eigenvalue weighted by atomic mass is 9.93. The van der Waals surface area contributed by atoms with Gasteiger partial charge in [-0.2, -0.15) is 0 Å². The maximum absolute atomic E-state index is 13.1. The number of benzene rings is 1. The van der Waals surface area contributed by atoms with Gasteiger partial charge < -0.3 is 19.6 Å². The van der Waals surface area contributed by atoms with Crippen LogP contribution >= 0.6 is 11.6 Å². The molecule has 33 heavy (non-hydrogen) atoms. The highest BCUT2D eigenvalue weighted by atomic mass is 35.5. The Balaban J connectivity index is 1.25. The molecule has 3 aliphatic heterocycles. The highest BCUT2D eigenvalue weighted by Gasteiger charge is 2.42. The van der Waals surface area contributed by atoms with Crippen molar-refractivity contribution in [2.24, 2.45) is 11.8 Å². The molecule has 3 aliphatic rings. The molecular formula is C25H35ClN4O3. The van der Waals surface area contributed by atoms with E-state index in [1.54, 1.807) is 0 Å². The Morgan fingerprint density at radius 3 is 2.09 bits per heavy atom. The first-order chi connectivity index (χ1) is 15.6. The van der Waals surface area contributed by atoms with Crippen LogP contribution in [0.5, 0.6) is 0 Å². The molecule has 1 unspecified atom stereocenters. The smallest absolute Gasteiger partial charge is 0.227 e. The van der Waals surface area contributed by atoms with Gasteiger partial charge in [-0.25, -0.2) is 0 Å². The standard InChI is InChI=1S/C25H35ClN4O3/c1-25(2,3)30-17-19(15-22(30)31)24(33)28-9-7-18(8-10-28)23(32)29-13-11-27(12-14-29)21-6-4-5-20(26)16-21/h4-6,16,18-19H,7-15,17H2,1-3H3. The molecule has 1 atom stereocenters. The van der Waals surface area contributed by atoms with Crippen molar-refractivity contribution in [2.75, 3.05) is 50.7 Å². The molecule has 0 radical (unpaired) electrons. The number of rotatable bonds is 3. The third kappa shape index (κ3) is 5.29. The Morgan fingerprint density at radius 2 is 1.52 bits per heavy atom. The summed E-state index contributed by atoms with van der Waals surface area (Å²) in [5.74, 6) is 0.0494. The molecule has 8 heteroatoms. The van der Waals surface area contributed by atoms with E-state index in [1.165, 1.54) is 0 Å². The Kier molecular flexibility index (Phi) is 6.89. The number of piperazine rings is 1. The van der Waals surface area contributed by atoms with Crippen molar-refractivity contribution in [3.8, 4) is 0 Å². The van der Waals surface area contributed by atoms with Gasteiger partial charge in [-0.1, -0.05) is 17.7 Å². The lowest BCUT2D eigenvalue weighted by Gasteiger charge is -2.39. The first-order valence-electron chi connectivity index (χ1n) is 12.0. The monoisotopic (exact) mass is 474 g/mol. The molecule has 0 N–H and O–H groups in total. The topological polar surface area (TPSA) is 64.2 Å². The van der Waals surface area contributed by atoms with Gasteiger partial charge in [-0.15, -0.1) is 0 Å². The molecule has 3 amide bonds. The van der Waals surface area contributed by atoms with E-state index < -0.39 is 0 Å². The van der Waals surface area contributed by atoms with Gasteiger partial charge in [0.15, 0.2) is 0 Å². The largest absolute Gasteiger partial charge is 0.368 e. The quantitative estimate of drug-likeness (QED) is 0.675. The van der Waals surface area contributed by atoms with Crippen LogP contribution in [0.25, 0.3) is 0 Å². The van der Waals surface area contributed by atoms with E-state index in [2.05, 4.69) is 11.0 Å². The predicted octanol–water partition coefficient (Wildman–Crippen LogP) is 2.87. The van der Waals surface area contributed by atoms with Gasteiger partial charge in [-0.3, -0.25) is 14.4 Å². The van der Waals surface area contributed by atoms with E-state index in [-0.39, 0.29) is 35.1 Å². The zero-order valence-electron chi connectivity index (χ0n) is 19.9. The fourth-order valence-electron chi connectivity index (χ4n) is 5.24. The summed E-state index contributed by atoms with van der Waals surface area (Å²) in [6.45, 7) is 10.7. The number of piperidine rings is 1. The van der Waals surface area contributed by atoms with Crippen LogP contribution in [0.1, 0.15) is 40.0 Å². The summed E-state index contributed by atoms with van der Waals surface area (Å²) in [5, 5.41) is 0.723. The highest BCUT2D eigenvalue weighted by Crippen LogP contribution is 2.29. The van der Waals surface area contributed by atoms with Crippen molar-refractivity contribution >= 4 is 35.0 Å². The molecule has 0 spiro atoms. The van der Waals surface area contributed by atoms with E-state index in [9.17, 15) is 14.4 Å². The van der Waals surface area contributed by atoms with Crippen molar-refractivity contribution in [3.05, 3.63) is 29.3 Å². The number of amides is 3. The Morgan fingerprint density at radius 1 is 0.909 bits per heavy atom. The van der Waals surface area contributed by atoms with Crippen LogP contribution in [0.15, 0.2) is 24.3 Å². The summed E-state index contributed by atoms with van der Waals surface area (Å²) >= 11 is 6.12. The van der Waals surface area contributed by atoms with E-state index in [1.807, 2.05) is 53.7 Å². The van der Waals surface area contributed by atoms with Gasteiger partial charge in [0.05, 0.1) is 5.92 Å². The van der Waals surface area contributed by atoms with Gasteiger partial charge >= 0.3 is 0 Å². The second kappa shape index (κ2) is 9.53. The molecular weight excluding hydrogens is 440 g/mol. The first kappa shape index (κ1) is 23.9. The van der Waals surface area contributed by atoms with Crippen LogP contribution in [-0.2, 0) is 14.4 Å². The van der Waals surface area contributed by atoms with Crippen molar-refractivity contribution in [1.82, 2.24) is 14.7 Å². The molecule has 3 saturated heterocycles. The molecule has 1 aromatic rings. The molecule has 0 aliphatic carbocycles. The van der Waals surface area contributed by atoms with Crippen LogP contribution in [0.2, 0.25) is 5.02 Å². The number of hydrogen-bond acceptors (Lipinski definition) is 4. The summed E-state index contributed by atoms with van der Waals surface area (Å²) in [7, 11) is 0. The van der Waals surface area contributed by atoms with Gasteiger partial charge in [0.2, 0.25) is 17.7 Å². The zero-order valence-corrected chi connectivity index (χ0v) is 20.7. The van der Waals surface area contributed by atoms with Gasteiger partial charge in [0.25, 0.3) is 0 Å². The minimum Gasteiger partial charge on any atom is -0.368 e. The summed E-state index contributed by atoms with van der Waals surface area (Å²) in [4.78, 5) is 46.4. The fourth-order valence-corrected chi connectivity index (χ4v) is 5.43. The number of carbonyl (C=O) groups excluding carboxylic acids is 3. The Hall–Kier alpha value is -2.28. The number of halogens is 1. The SMILES string of the molecule is CC(C)(C)N1CC(C(=O)N2CCC(C(=O)N3CCN(c4cccc(Cl)c4)CC3)CC2)CC1=O. The number of carbonyl (C=O) groups is 3. The maximum Gasteiger partial charge on any atom is 0.227 e. The van der Waals surface area contributed by atoms with Crippen LogP contribution in [0, 0.1) is 11.8 Å². The van der Waals surface area contributed by atoms with Crippen LogP contribution in [-0.4, -0.2) is 83.8 Å². The normalized spacial score (nSPS) is 22.8. The molecule has 0 bridgehead atoms. The third-order valence-corrected chi connectivity index (χ3v) is 7.44. The lowest BCUT2D eigenvalue weighted by Crippen LogP contribution is -2.52. The zero-order chi connectivity index (χ0) is 23.8. The summed E-state index contributed by atoms with van der Waals surface area (Å²) in [6, 6.07) is 7.83. The fraction of sp³-hybridized carbons (Fsp3) is 0.640. The number of nitrogens with zero attached hydrogens (tertiary/aromatic N) is 4. The predicted molar refractivity (Wildman–Crippen MR) is 129 cm³/mol. The summed E-state index contributed by atoms with van der Waals surface area (Å²) < 4.78 is 0. The molecule has 0 aromatic heterocycles. The molecule has 3 fully saturated rings. The first-order valence-corrected chi connectivity index (χ1v) is 12.4.